The fraction of sp³-hybridized carbons (Fsp3) is 0.364. The number of carboxylic acid groups (broad SMARTS) is 1. The normalized spacial score (nSPS) is 15.0. The van der Waals surface area contributed by atoms with Gasteiger partial charge in [-0.2, -0.15) is 0 Å². The van der Waals surface area contributed by atoms with Crippen molar-refractivity contribution in [2.75, 3.05) is 6.61 Å². The standard InChI is InChI=1S/C31H36N2O2.C2H4O2.Cu/c1-30(2,3)23-17-22(28(34)26(18-23)31(4,5)6)19-32-27-15-11-10-14-25(27)29-33-24(20-35-29)16-21-12-8-7-9-13-21;1-2(3)4;/h7-15,17-19,24,34H,16,20H2,1-6H3;1H3,(H,3,4);/q;;+2/p-2/t24-;;/m0../s1. The molecule has 40 heavy (non-hydrogen) atoms. The van der Waals surface area contributed by atoms with Crippen LogP contribution in [0.25, 0.3) is 0 Å². The van der Waals surface area contributed by atoms with Gasteiger partial charge < -0.3 is 19.7 Å². The van der Waals surface area contributed by atoms with E-state index in [4.69, 9.17) is 24.6 Å². The number of hydrogen-bond acceptors (Lipinski definition) is 6. The van der Waals surface area contributed by atoms with Crippen LogP contribution in [0.5, 0.6) is 5.75 Å². The fourth-order valence-corrected chi connectivity index (χ4v) is 4.20. The minimum atomic E-state index is -1.08. The van der Waals surface area contributed by atoms with Gasteiger partial charge in [0.15, 0.2) is 0 Å². The van der Waals surface area contributed by atoms with Crippen LogP contribution in [0.4, 0.5) is 5.69 Å². The molecule has 0 bridgehead atoms. The smallest absolute Gasteiger partial charge is 0.872 e. The third kappa shape index (κ3) is 9.07. The maximum atomic E-state index is 13.3. The molecule has 4 rings (SSSR count). The van der Waals surface area contributed by atoms with Crippen LogP contribution in [-0.2, 0) is 43.9 Å². The quantitative estimate of drug-likeness (QED) is 0.300. The van der Waals surface area contributed by atoms with Crippen molar-refractivity contribution >= 4 is 23.8 Å². The van der Waals surface area contributed by atoms with Gasteiger partial charge in [-0.25, -0.2) is 4.99 Å². The number of ether oxygens (including phenoxy) is 1. The van der Waals surface area contributed by atoms with Crippen molar-refractivity contribution in [2.24, 2.45) is 9.98 Å². The summed E-state index contributed by atoms with van der Waals surface area (Å²) < 4.78 is 5.98. The van der Waals surface area contributed by atoms with E-state index in [0.29, 0.717) is 18.1 Å². The predicted molar refractivity (Wildman–Crippen MR) is 154 cm³/mol. The summed E-state index contributed by atoms with van der Waals surface area (Å²) in [4.78, 5) is 18.5. The molecule has 7 heteroatoms. The van der Waals surface area contributed by atoms with Crippen molar-refractivity contribution in [1.29, 1.82) is 0 Å². The van der Waals surface area contributed by atoms with Crippen LogP contribution in [0, 0.1) is 0 Å². The van der Waals surface area contributed by atoms with Gasteiger partial charge in [0, 0.05) is 12.2 Å². The van der Waals surface area contributed by atoms with Crippen LogP contribution < -0.4 is 10.2 Å². The second kappa shape index (κ2) is 13.8. The number of para-hydroxylation sites is 1. The molecule has 0 aromatic heterocycles. The van der Waals surface area contributed by atoms with Crippen molar-refractivity contribution < 1.29 is 36.8 Å². The molecular weight excluding hydrogens is 552 g/mol. The fourth-order valence-electron chi connectivity index (χ4n) is 4.20. The topological polar surface area (TPSA) is 97.1 Å². The van der Waals surface area contributed by atoms with Gasteiger partial charge in [-0.15, -0.1) is 0 Å². The van der Waals surface area contributed by atoms with Crippen LogP contribution in [0.15, 0.2) is 76.7 Å². The molecule has 0 unspecified atom stereocenters. The second-order valence-corrected chi connectivity index (χ2v) is 11.8. The number of aliphatic imine (C=N–C) groups is 2. The molecule has 0 aliphatic carbocycles. The molecule has 0 fully saturated rings. The van der Waals surface area contributed by atoms with Gasteiger partial charge in [0.1, 0.15) is 6.61 Å². The number of aliphatic carboxylic acids is 1. The number of benzene rings is 3. The van der Waals surface area contributed by atoms with Crippen LogP contribution in [0.2, 0.25) is 0 Å². The van der Waals surface area contributed by atoms with Crippen LogP contribution in [0.3, 0.4) is 0 Å². The Labute approximate surface area is 248 Å². The number of rotatable bonds is 5. The maximum Gasteiger partial charge on any atom is 2.00 e. The number of hydrogen-bond donors (Lipinski definition) is 0. The van der Waals surface area contributed by atoms with E-state index >= 15 is 0 Å². The molecule has 0 N–H and O–H groups in total. The Morgan fingerprint density at radius 1 is 1.00 bits per heavy atom. The Morgan fingerprint density at radius 3 is 2.20 bits per heavy atom. The Kier molecular flexibility index (Phi) is 11.3. The van der Waals surface area contributed by atoms with E-state index in [-0.39, 0.29) is 39.7 Å². The van der Waals surface area contributed by atoms with E-state index in [1.54, 1.807) is 6.21 Å². The molecule has 6 nitrogen and oxygen atoms in total. The molecule has 3 aromatic rings. The molecule has 1 aliphatic heterocycles. The second-order valence-electron chi connectivity index (χ2n) is 11.8. The largest absolute Gasteiger partial charge is 2.00 e. The van der Waals surface area contributed by atoms with Crippen molar-refractivity contribution in [1.82, 2.24) is 0 Å². The summed E-state index contributed by atoms with van der Waals surface area (Å²) in [5.41, 5.74) is 5.05. The van der Waals surface area contributed by atoms with E-state index < -0.39 is 5.97 Å². The summed E-state index contributed by atoms with van der Waals surface area (Å²) in [6.45, 7) is 14.2. The summed E-state index contributed by atoms with van der Waals surface area (Å²) in [5, 5.41) is 22.2. The van der Waals surface area contributed by atoms with Crippen LogP contribution in [0.1, 0.15) is 76.3 Å². The number of carbonyl (C=O) groups excluding carboxylic acids is 1. The molecule has 215 valence electrons. The number of carbonyl (C=O) groups is 1. The van der Waals surface area contributed by atoms with Gasteiger partial charge in [0.2, 0.25) is 5.90 Å². The Morgan fingerprint density at radius 2 is 1.60 bits per heavy atom. The van der Waals surface area contributed by atoms with Crippen molar-refractivity contribution in [3.8, 4) is 5.75 Å². The minimum Gasteiger partial charge on any atom is -0.872 e. The Balaban J connectivity index is 0.00000105. The summed E-state index contributed by atoms with van der Waals surface area (Å²) in [7, 11) is 0. The van der Waals surface area contributed by atoms with Gasteiger partial charge in [-0.1, -0.05) is 102 Å². The van der Waals surface area contributed by atoms with Crippen molar-refractivity contribution in [3.63, 3.8) is 0 Å². The third-order valence-corrected chi connectivity index (χ3v) is 6.30. The first kappa shape index (κ1) is 32.8. The molecule has 0 spiro atoms. The predicted octanol–water partition coefficient (Wildman–Crippen LogP) is 5.25. The Hall–Kier alpha value is -3.41. The van der Waals surface area contributed by atoms with E-state index in [1.165, 1.54) is 5.56 Å². The van der Waals surface area contributed by atoms with Gasteiger partial charge >= 0.3 is 17.1 Å². The summed E-state index contributed by atoms with van der Waals surface area (Å²) in [5.74, 6) is -0.441. The van der Waals surface area contributed by atoms with Crippen LogP contribution >= 0.6 is 0 Å². The maximum absolute atomic E-state index is 13.3. The first-order chi connectivity index (χ1) is 18.3. The number of nitrogens with zero attached hydrogens (tertiary/aromatic N) is 2. The summed E-state index contributed by atoms with van der Waals surface area (Å²) in [6, 6.07) is 22.3. The molecule has 1 radical (unpaired) electrons. The molecule has 0 amide bonds. The van der Waals surface area contributed by atoms with Crippen molar-refractivity contribution in [3.05, 3.63) is 94.5 Å². The zero-order chi connectivity index (χ0) is 28.8. The summed E-state index contributed by atoms with van der Waals surface area (Å²) in [6.07, 6.45) is 2.53. The number of carboxylic acids is 1. The first-order valence-corrected chi connectivity index (χ1v) is 13.2. The van der Waals surface area contributed by atoms with E-state index in [2.05, 4.69) is 59.7 Å². The molecule has 1 aliphatic rings. The van der Waals surface area contributed by atoms with Crippen molar-refractivity contribution in [2.45, 2.75) is 71.8 Å². The molecule has 1 atom stereocenters. The van der Waals surface area contributed by atoms with Gasteiger partial charge in [0.25, 0.3) is 0 Å². The molecule has 1 heterocycles. The zero-order valence-corrected chi connectivity index (χ0v) is 25.2. The monoisotopic (exact) mass is 589 g/mol. The average molecular weight is 590 g/mol. The molecule has 3 aromatic carbocycles. The van der Waals surface area contributed by atoms with E-state index in [9.17, 15) is 5.11 Å². The van der Waals surface area contributed by atoms with Crippen LogP contribution in [-0.4, -0.2) is 30.7 Å². The molecule has 0 saturated heterocycles. The van der Waals surface area contributed by atoms with E-state index in [0.717, 1.165) is 35.7 Å². The first-order valence-electron chi connectivity index (χ1n) is 13.2. The molecule has 0 saturated carbocycles. The average Bonchev–Trinajstić information content (AvgIpc) is 3.30. The van der Waals surface area contributed by atoms with Gasteiger partial charge in [-0.05, 0) is 58.6 Å². The summed E-state index contributed by atoms with van der Waals surface area (Å²) >= 11 is 0. The minimum absolute atomic E-state index is 0. The SMILES string of the molecule is CC(=O)[O-].CC(C)(C)c1cc(C=Nc2ccccc2C2=N[C@@H](Cc3ccccc3)CO2)c([O-])c(C(C)(C)C)c1.[Cu+2]. The zero-order valence-electron chi connectivity index (χ0n) is 24.2. The van der Waals surface area contributed by atoms with Gasteiger partial charge in [-0.3, -0.25) is 4.99 Å². The van der Waals surface area contributed by atoms with Gasteiger partial charge in [0.05, 0.1) is 17.3 Å². The van der Waals surface area contributed by atoms with E-state index in [1.807, 2.05) is 48.5 Å². The molecular formula is C33H38CuN2O4. The third-order valence-electron chi connectivity index (χ3n) is 6.30. The Bertz CT molecular complexity index is 1350.